The number of hydrogen-bond acceptors (Lipinski definition) is 3. The van der Waals surface area contributed by atoms with Crippen molar-refractivity contribution in [3.05, 3.63) is 152 Å². The molecule has 0 aliphatic heterocycles. The van der Waals surface area contributed by atoms with Crippen LogP contribution >= 0.6 is 0 Å². The Balaban J connectivity index is 1.58. The van der Waals surface area contributed by atoms with Crippen molar-refractivity contribution < 1.29 is 4.42 Å². The summed E-state index contributed by atoms with van der Waals surface area (Å²) in [6.07, 6.45) is 0. The molecule has 0 aliphatic carbocycles. The maximum atomic E-state index is 13.9. The number of aryl methyl sites for hydroxylation is 2. The minimum absolute atomic E-state index is 0.234. The third kappa shape index (κ3) is 3.94. The lowest BCUT2D eigenvalue weighted by atomic mass is 9.89. The van der Waals surface area contributed by atoms with Crippen LogP contribution in [0, 0.1) is 13.8 Å². The third-order valence-electron chi connectivity index (χ3n) is 6.81. The van der Waals surface area contributed by atoms with Crippen molar-refractivity contribution in [1.82, 2.24) is 19.6 Å². The van der Waals surface area contributed by atoms with Crippen LogP contribution in [0.25, 0.3) is 22.7 Å². The molecule has 0 aliphatic rings. The highest BCUT2D eigenvalue weighted by Gasteiger charge is 2.33. The lowest BCUT2D eigenvalue weighted by Crippen LogP contribution is -2.25. The summed E-state index contributed by atoms with van der Waals surface area (Å²) < 4.78 is 9.39. The number of benzene rings is 3. The predicted molar refractivity (Wildman–Crippen MR) is 147 cm³/mol. The Labute approximate surface area is 218 Å². The number of para-hydroxylation sites is 2. The van der Waals surface area contributed by atoms with Gasteiger partial charge in [0, 0.05) is 17.0 Å². The van der Waals surface area contributed by atoms with Gasteiger partial charge in [-0.25, -0.2) is 9.36 Å². The third-order valence-corrected chi connectivity index (χ3v) is 6.81. The molecule has 6 rings (SSSR count). The molecule has 7 nitrogen and oxygen atoms in total. The molecule has 0 saturated carbocycles. The van der Waals surface area contributed by atoms with Gasteiger partial charge in [-0.1, -0.05) is 66.7 Å². The van der Waals surface area contributed by atoms with Gasteiger partial charge in [0.1, 0.15) is 11.5 Å². The van der Waals surface area contributed by atoms with E-state index in [4.69, 9.17) is 4.42 Å². The number of aromatic nitrogens is 4. The first-order valence-corrected chi connectivity index (χ1v) is 12.4. The average Bonchev–Trinajstić information content (AvgIpc) is 3.64. The van der Waals surface area contributed by atoms with Gasteiger partial charge in [0.15, 0.2) is 0 Å². The number of hydrogen-bond donors (Lipinski definition) is 2. The zero-order chi connectivity index (χ0) is 26.2. The molecule has 0 saturated heterocycles. The number of nitrogens with one attached hydrogen (secondary N) is 2. The monoisotopic (exact) mass is 502 g/mol. The van der Waals surface area contributed by atoms with E-state index in [0.29, 0.717) is 45.4 Å². The second-order valence-corrected chi connectivity index (χ2v) is 9.25. The van der Waals surface area contributed by atoms with E-state index in [-0.39, 0.29) is 11.1 Å². The molecule has 3 heterocycles. The highest BCUT2D eigenvalue weighted by molar-refractivity contribution is 5.58. The fraction of sp³-hybridized carbons (Fsp3) is 0.0968. The molecule has 0 unspecified atom stereocenters. The van der Waals surface area contributed by atoms with Gasteiger partial charge < -0.3 is 4.42 Å². The van der Waals surface area contributed by atoms with Gasteiger partial charge in [0.2, 0.25) is 0 Å². The van der Waals surface area contributed by atoms with E-state index in [1.54, 1.807) is 0 Å². The van der Waals surface area contributed by atoms with Crippen LogP contribution in [-0.2, 0) is 0 Å². The van der Waals surface area contributed by atoms with E-state index in [1.165, 1.54) is 9.36 Å². The van der Waals surface area contributed by atoms with Crippen LogP contribution in [0.2, 0.25) is 0 Å². The number of furan rings is 1. The highest BCUT2D eigenvalue weighted by atomic mass is 16.3. The van der Waals surface area contributed by atoms with Crippen LogP contribution in [0.15, 0.2) is 117 Å². The molecular weight excluding hydrogens is 476 g/mol. The Hall–Kier alpha value is -5.04. The Morgan fingerprint density at radius 1 is 0.605 bits per heavy atom. The first-order chi connectivity index (χ1) is 18.5. The number of nitrogens with zero attached hydrogens (tertiary/aromatic N) is 2. The first-order valence-electron chi connectivity index (χ1n) is 12.4. The van der Waals surface area contributed by atoms with Crippen LogP contribution in [0.4, 0.5) is 0 Å². The first kappa shape index (κ1) is 23.4. The van der Waals surface area contributed by atoms with Crippen molar-refractivity contribution in [3.8, 4) is 22.7 Å². The standard InChI is InChI=1S/C31H26N4O3/c1-20-27(30(36)34(32-20)23-14-8-4-9-15-23)29(26-19-18-25(38-26)22-12-6-3-7-13-22)28-21(2)33-35(31(28)37)24-16-10-5-11-17-24/h3-19,29,32-33H,1-2H3. The van der Waals surface area contributed by atoms with Crippen LogP contribution in [0.1, 0.15) is 34.2 Å². The summed E-state index contributed by atoms with van der Waals surface area (Å²) in [6, 6.07) is 32.2. The van der Waals surface area contributed by atoms with E-state index in [1.807, 2.05) is 117 Å². The van der Waals surface area contributed by atoms with Gasteiger partial charge in [0.05, 0.1) is 28.4 Å². The van der Waals surface area contributed by atoms with E-state index in [0.717, 1.165) is 5.56 Å². The van der Waals surface area contributed by atoms with Crippen molar-refractivity contribution in [1.29, 1.82) is 0 Å². The fourth-order valence-corrected chi connectivity index (χ4v) is 5.01. The lowest BCUT2D eigenvalue weighted by molar-refractivity contribution is 0.513. The maximum absolute atomic E-state index is 13.9. The normalized spacial score (nSPS) is 11.3. The molecule has 0 bridgehead atoms. The van der Waals surface area contributed by atoms with Crippen molar-refractivity contribution in [2.45, 2.75) is 19.8 Å². The highest BCUT2D eigenvalue weighted by Crippen LogP contribution is 2.35. The van der Waals surface area contributed by atoms with Crippen molar-refractivity contribution in [2.75, 3.05) is 0 Å². The summed E-state index contributed by atoms with van der Waals surface area (Å²) in [5.74, 6) is 0.455. The number of H-pyrrole nitrogens is 2. The topological polar surface area (TPSA) is 88.7 Å². The summed E-state index contributed by atoms with van der Waals surface area (Å²) in [6.45, 7) is 3.70. The van der Waals surface area contributed by atoms with Gasteiger partial charge in [-0.05, 0) is 50.2 Å². The quantitative estimate of drug-likeness (QED) is 0.306. The summed E-state index contributed by atoms with van der Waals surface area (Å²) in [7, 11) is 0. The van der Waals surface area contributed by atoms with Crippen LogP contribution < -0.4 is 11.1 Å². The Kier molecular flexibility index (Phi) is 5.81. The predicted octanol–water partition coefficient (Wildman–Crippen LogP) is 5.70. The van der Waals surface area contributed by atoms with Crippen LogP contribution in [0.3, 0.4) is 0 Å². The summed E-state index contributed by atoms with van der Waals surface area (Å²) in [4.78, 5) is 27.9. The molecule has 188 valence electrons. The molecule has 3 aromatic heterocycles. The van der Waals surface area contributed by atoms with E-state index >= 15 is 0 Å². The fourth-order valence-electron chi connectivity index (χ4n) is 5.01. The Morgan fingerprint density at radius 3 is 1.53 bits per heavy atom. The molecule has 0 radical (unpaired) electrons. The largest absolute Gasteiger partial charge is 0.460 e. The number of rotatable bonds is 6. The molecule has 0 atom stereocenters. The van der Waals surface area contributed by atoms with Gasteiger partial charge in [-0.15, -0.1) is 0 Å². The van der Waals surface area contributed by atoms with E-state index in [2.05, 4.69) is 10.2 Å². The molecule has 0 spiro atoms. The molecule has 0 fully saturated rings. The zero-order valence-electron chi connectivity index (χ0n) is 21.0. The molecule has 38 heavy (non-hydrogen) atoms. The second kappa shape index (κ2) is 9.44. The summed E-state index contributed by atoms with van der Waals surface area (Å²) in [5, 5.41) is 6.42. The smallest absolute Gasteiger partial charge is 0.275 e. The number of aromatic amines is 2. The van der Waals surface area contributed by atoms with Crippen LogP contribution in [-0.4, -0.2) is 19.6 Å². The Bertz CT molecular complexity index is 1720. The minimum atomic E-state index is -0.727. The van der Waals surface area contributed by atoms with Gasteiger partial charge in [-0.2, -0.15) is 0 Å². The molecule has 2 N–H and O–H groups in total. The molecular formula is C31H26N4O3. The maximum Gasteiger partial charge on any atom is 0.275 e. The minimum Gasteiger partial charge on any atom is -0.460 e. The second-order valence-electron chi connectivity index (χ2n) is 9.25. The summed E-state index contributed by atoms with van der Waals surface area (Å²) >= 11 is 0. The zero-order valence-corrected chi connectivity index (χ0v) is 21.0. The van der Waals surface area contributed by atoms with E-state index in [9.17, 15) is 9.59 Å². The van der Waals surface area contributed by atoms with Crippen molar-refractivity contribution in [2.24, 2.45) is 0 Å². The van der Waals surface area contributed by atoms with E-state index < -0.39 is 5.92 Å². The molecule has 7 heteroatoms. The van der Waals surface area contributed by atoms with Gasteiger partial charge >= 0.3 is 0 Å². The Morgan fingerprint density at radius 2 is 1.05 bits per heavy atom. The van der Waals surface area contributed by atoms with Crippen molar-refractivity contribution >= 4 is 0 Å². The van der Waals surface area contributed by atoms with Gasteiger partial charge in [-0.3, -0.25) is 19.8 Å². The molecule has 3 aromatic carbocycles. The van der Waals surface area contributed by atoms with Crippen LogP contribution in [0.5, 0.6) is 0 Å². The van der Waals surface area contributed by atoms with Crippen molar-refractivity contribution in [3.63, 3.8) is 0 Å². The summed E-state index contributed by atoms with van der Waals surface area (Å²) in [5.41, 5.74) is 4.11. The van der Waals surface area contributed by atoms with Gasteiger partial charge in [0.25, 0.3) is 11.1 Å². The lowest BCUT2D eigenvalue weighted by Gasteiger charge is -2.13. The molecule has 6 aromatic rings. The molecule has 0 amide bonds. The average molecular weight is 503 g/mol. The SMILES string of the molecule is Cc1[nH]n(-c2ccccc2)c(=O)c1C(c1ccc(-c2ccccc2)o1)c1c(C)[nH]n(-c2ccccc2)c1=O.